The molecule has 1 amide bonds. The zero-order valence-corrected chi connectivity index (χ0v) is 25.6. The molecule has 1 heterocycles. The van der Waals surface area contributed by atoms with E-state index in [4.69, 9.17) is 27.9 Å². The first-order valence-electron chi connectivity index (χ1n) is 13.0. The summed E-state index contributed by atoms with van der Waals surface area (Å²) in [5.74, 6) is -0.144. The predicted molar refractivity (Wildman–Crippen MR) is 160 cm³/mol. The lowest BCUT2D eigenvalue weighted by Crippen LogP contribution is -2.42. The Balaban J connectivity index is 1.38. The van der Waals surface area contributed by atoms with Crippen LogP contribution in [-0.2, 0) is 24.8 Å². The van der Waals surface area contributed by atoms with Crippen LogP contribution in [0.5, 0.6) is 5.75 Å². The molecule has 1 aliphatic rings. The van der Waals surface area contributed by atoms with Crippen molar-refractivity contribution in [3.63, 3.8) is 0 Å². The van der Waals surface area contributed by atoms with Gasteiger partial charge in [-0.1, -0.05) is 47.3 Å². The van der Waals surface area contributed by atoms with Crippen LogP contribution >= 0.6 is 23.2 Å². The lowest BCUT2D eigenvalue weighted by atomic mass is 10.2. The van der Waals surface area contributed by atoms with Crippen molar-refractivity contribution in [1.82, 2.24) is 9.62 Å². The van der Waals surface area contributed by atoms with Crippen LogP contribution in [-0.4, -0.2) is 59.8 Å². The van der Waals surface area contributed by atoms with E-state index in [1.807, 2.05) is 6.92 Å². The largest absolute Gasteiger partial charge is 0.492 e. The number of carbonyl (C=O) groups excluding carboxylic acids is 1. The Morgan fingerprint density at radius 3 is 2.20 bits per heavy atom. The molecule has 220 valence electrons. The van der Waals surface area contributed by atoms with Crippen LogP contribution in [0.4, 0.5) is 5.69 Å². The third-order valence-electron chi connectivity index (χ3n) is 6.54. The Morgan fingerprint density at radius 1 is 0.902 bits per heavy atom. The molecule has 0 unspecified atom stereocenters. The minimum atomic E-state index is -4.16. The van der Waals surface area contributed by atoms with Crippen molar-refractivity contribution in [2.75, 3.05) is 37.1 Å². The molecule has 41 heavy (non-hydrogen) atoms. The molecule has 1 fully saturated rings. The number of hydrogen-bond acceptors (Lipinski definition) is 6. The highest BCUT2D eigenvalue weighted by Gasteiger charge is 2.29. The first-order valence-corrected chi connectivity index (χ1v) is 16.7. The van der Waals surface area contributed by atoms with Gasteiger partial charge in [-0.2, -0.15) is 4.31 Å². The zero-order valence-electron chi connectivity index (χ0n) is 22.4. The fourth-order valence-electron chi connectivity index (χ4n) is 4.32. The van der Waals surface area contributed by atoms with E-state index in [-0.39, 0.29) is 38.7 Å². The van der Waals surface area contributed by atoms with Gasteiger partial charge in [-0.15, -0.1) is 0 Å². The molecule has 4 rings (SSSR count). The van der Waals surface area contributed by atoms with Gasteiger partial charge in [0, 0.05) is 18.1 Å². The number of aryl methyl sites for hydroxylation is 1. The van der Waals surface area contributed by atoms with Crippen LogP contribution in [0.25, 0.3) is 0 Å². The summed E-state index contributed by atoms with van der Waals surface area (Å²) in [6, 6.07) is 16.8. The molecule has 13 heteroatoms. The highest BCUT2D eigenvalue weighted by Crippen LogP contribution is 2.33. The van der Waals surface area contributed by atoms with Gasteiger partial charge in [0.2, 0.25) is 15.9 Å². The Hall–Kier alpha value is -2.83. The lowest BCUT2D eigenvalue weighted by Gasteiger charge is -2.25. The van der Waals surface area contributed by atoms with Gasteiger partial charge in [-0.3, -0.25) is 9.10 Å². The van der Waals surface area contributed by atoms with Gasteiger partial charge < -0.3 is 10.1 Å². The molecule has 0 spiro atoms. The van der Waals surface area contributed by atoms with Gasteiger partial charge in [0.15, 0.2) is 0 Å². The van der Waals surface area contributed by atoms with E-state index in [1.54, 1.807) is 24.3 Å². The monoisotopic (exact) mass is 639 g/mol. The number of amides is 1. The van der Waals surface area contributed by atoms with Crippen LogP contribution < -0.4 is 14.4 Å². The van der Waals surface area contributed by atoms with E-state index in [2.05, 4.69) is 5.32 Å². The SMILES string of the molecule is Cc1ccc(S(=O)(=O)N(CC(=O)NCCOc2ccc(S(=O)(=O)N3CCCCC3)cc2)c2cc(Cl)ccc2Cl)cc1. The Bertz CT molecular complexity index is 1580. The van der Waals surface area contributed by atoms with Crippen LogP contribution in [0.15, 0.2) is 76.5 Å². The Morgan fingerprint density at radius 2 is 1.54 bits per heavy atom. The molecule has 1 N–H and O–H groups in total. The molecule has 0 bridgehead atoms. The molecule has 9 nitrogen and oxygen atoms in total. The minimum Gasteiger partial charge on any atom is -0.492 e. The van der Waals surface area contributed by atoms with Crippen molar-refractivity contribution in [2.45, 2.75) is 36.0 Å². The van der Waals surface area contributed by atoms with E-state index in [0.717, 1.165) is 29.1 Å². The smallest absolute Gasteiger partial charge is 0.264 e. The van der Waals surface area contributed by atoms with Crippen molar-refractivity contribution >= 4 is 54.8 Å². The minimum absolute atomic E-state index is 0.000948. The molecule has 3 aromatic carbocycles. The highest BCUT2D eigenvalue weighted by atomic mass is 35.5. The first kappa shape index (κ1) is 31.1. The zero-order chi connectivity index (χ0) is 29.6. The summed E-state index contributed by atoms with van der Waals surface area (Å²) in [6.07, 6.45) is 2.74. The maximum atomic E-state index is 13.5. The second-order valence-corrected chi connectivity index (χ2v) is 14.2. The number of nitrogens with zero attached hydrogens (tertiary/aromatic N) is 2. The first-order chi connectivity index (χ1) is 19.5. The standard InChI is InChI=1S/C28H31Cl2N3O6S2/c1-21-5-10-25(11-6-21)41(37,38)33(27-19-22(29)7-14-26(27)30)20-28(34)31-15-18-39-23-8-12-24(13-9-23)40(35,36)32-16-3-2-4-17-32/h5-14,19H,2-4,15-18,20H2,1H3,(H,31,34). The molecular weight excluding hydrogens is 609 g/mol. The Labute approximate surface area is 251 Å². The number of halogens is 2. The average Bonchev–Trinajstić information content (AvgIpc) is 2.96. The number of hydrogen-bond donors (Lipinski definition) is 1. The number of benzene rings is 3. The van der Waals surface area contributed by atoms with Crippen molar-refractivity contribution in [1.29, 1.82) is 0 Å². The van der Waals surface area contributed by atoms with E-state index in [0.29, 0.717) is 18.8 Å². The van der Waals surface area contributed by atoms with Gasteiger partial charge in [-0.25, -0.2) is 16.8 Å². The lowest BCUT2D eigenvalue weighted by molar-refractivity contribution is -0.119. The van der Waals surface area contributed by atoms with Crippen LogP contribution in [0.1, 0.15) is 24.8 Å². The summed E-state index contributed by atoms with van der Waals surface area (Å²) in [4.78, 5) is 13.1. The molecule has 1 saturated heterocycles. The van der Waals surface area contributed by atoms with Crippen LogP contribution in [0, 0.1) is 6.92 Å². The molecule has 0 aromatic heterocycles. The highest BCUT2D eigenvalue weighted by molar-refractivity contribution is 7.93. The molecule has 0 radical (unpaired) electrons. The Kier molecular flexibility index (Phi) is 10.2. The third-order valence-corrected chi connectivity index (χ3v) is 10.8. The predicted octanol–water partition coefficient (Wildman–Crippen LogP) is 4.87. The second kappa shape index (κ2) is 13.4. The summed E-state index contributed by atoms with van der Waals surface area (Å²) in [7, 11) is -7.70. The molecule has 3 aromatic rings. The van der Waals surface area contributed by atoms with Gasteiger partial charge in [0.1, 0.15) is 18.9 Å². The molecule has 1 aliphatic heterocycles. The molecule has 0 aliphatic carbocycles. The maximum absolute atomic E-state index is 13.5. The molecule has 0 saturated carbocycles. The van der Waals surface area contributed by atoms with Crippen LogP contribution in [0.2, 0.25) is 10.0 Å². The number of rotatable bonds is 11. The number of anilines is 1. The number of nitrogens with one attached hydrogen (secondary N) is 1. The quantitative estimate of drug-likeness (QED) is 0.300. The fourth-order valence-corrected chi connectivity index (χ4v) is 7.71. The fraction of sp³-hybridized carbons (Fsp3) is 0.321. The van der Waals surface area contributed by atoms with Gasteiger partial charge in [-0.05, 0) is 74.4 Å². The summed E-state index contributed by atoms with van der Waals surface area (Å²) in [6.45, 7) is 2.49. The van der Waals surface area contributed by atoms with E-state index in [1.165, 1.54) is 46.8 Å². The maximum Gasteiger partial charge on any atom is 0.264 e. The van der Waals surface area contributed by atoms with Crippen molar-refractivity contribution in [2.24, 2.45) is 0 Å². The number of sulfonamides is 2. The summed E-state index contributed by atoms with van der Waals surface area (Å²) in [5, 5.41) is 3.03. The molecule has 0 atom stereocenters. The summed E-state index contributed by atoms with van der Waals surface area (Å²) in [5.41, 5.74) is 0.957. The van der Waals surface area contributed by atoms with Gasteiger partial charge in [0.05, 0.1) is 27.0 Å². The number of carbonyl (C=O) groups is 1. The van der Waals surface area contributed by atoms with Crippen molar-refractivity contribution in [3.8, 4) is 5.75 Å². The topological polar surface area (TPSA) is 113 Å². The van der Waals surface area contributed by atoms with Gasteiger partial charge in [0.25, 0.3) is 10.0 Å². The van der Waals surface area contributed by atoms with Gasteiger partial charge >= 0.3 is 0 Å². The van der Waals surface area contributed by atoms with E-state index >= 15 is 0 Å². The van der Waals surface area contributed by atoms with Crippen molar-refractivity contribution in [3.05, 3.63) is 82.3 Å². The third kappa shape index (κ3) is 7.72. The van der Waals surface area contributed by atoms with E-state index in [9.17, 15) is 21.6 Å². The number of ether oxygens (including phenoxy) is 1. The number of piperidine rings is 1. The average molecular weight is 641 g/mol. The normalized spacial score (nSPS) is 14.4. The second-order valence-electron chi connectivity index (χ2n) is 9.56. The van der Waals surface area contributed by atoms with Crippen molar-refractivity contribution < 1.29 is 26.4 Å². The summed E-state index contributed by atoms with van der Waals surface area (Å²) >= 11 is 12.4. The molecular formula is C28H31Cl2N3O6S2. The summed E-state index contributed by atoms with van der Waals surface area (Å²) < 4.78 is 60.8. The van der Waals surface area contributed by atoms with E-state index < -0.39 is 32.5 Å². The van der Waals surface area contributed by atoms with Crippen LogP contribution in [0.3, 0.4) is 0 Å².